The van der Waals surface area contributed by atoms with E-state index in [0.29, 0.717) is 16.9 Å². The van der Waals surface area contributed by atoms with Crippen LogP contribution in [0.1, 0.15) is 31.2 Å². The Kier molecular flexibility index (Phi) is 5.26. The Bertz CT molecular complexity index is 639. The number of nitrogens with zero attached hydrogens (tertiary/aromatic N) is 3. The Hall–Kier alpha value is -2.22. The first-order valence-corrected chi connectivity index (χ1v) is 7.79. The lowest BCUT2D eigenvalue weighted by Gasteiger charge is -2.08. The van der Waals surface area contributed by atoms with Gasteiger partial charge in [0.2, 0.25) is 11.1 Å². The second-order valence-corrected chi connectivity index (χ2v) is 5.98. The Morgan fingerprint density at radius 1 is 1.32 bits per heavy atom. The van der Waals surface area contributed by atoms with Crippen LogP contribution >= 0.6 is 11.8 Å². The summed E-state index contributed by atoms with van der Waals surface area (Å²) in [5.41, 5.74) is 6.33. The molecule has 22 heavy (non-hydrogen) atoms. The van der Waals surface area contributed by atoms with E-state index in [9.17, 15) is 4.79 Å². The van der Waals surface area contributed by atoms with Gasteiger partial charge in [0, 0.05) is 0 Å². The quantitative estimate of drug-likeness (QED) is 0.587. The number of carbonyl (C=O) groups excluding carboxylic acids is 1. The molecule has 0 unspecified atom stereocenters. The lowest BCUT2D eigenvalue weighted by atomic mass is 10.0. The lowest BCUT2D eigenvalue weighted by molar-refractivity contribution is -0.115. The van der Waals surface area contributed by atoms with Crippen molar-refractivity contribution in [2.45, 2.75) is 31.5 Å². The second-order valence-electron chi connectivity index (χ2n) is 5.04. The van der Waals surface area contributed by atoms with Crippen LogP contribution in [0.3, 0.4) is 0 Å². The van der Waals surface area contributed by atoms with Crippen LogP contribution < -0.4 is 16.3 Å². The molecule has 0 spiro atoms. The summed E-state index contributed by atoms with van der Waals surface area (Å²) < 4.78 is 6.94. The number of amides is 1. The van der Waals surface area contributed by atoms with Crippen molar-refractivity contribution in [1.82, 2.24) is 14.9 Å². The van der Waals surface area contributed by atoms with Crippen LogP contribution in [0.25, 0.3) is 0 Å². The topological polar surface area (TPSA) is 109 Å². The van der Waals surface area contributed by atoms with Crippen molar-refractivity contribution in [1.29, 1.82) is 0 Å². The maximum atomic E-state index is 10.8. The van der Waals surface area contributed by atoms with E-state index in [-0.39, 0.29) is 12.4 Å². The molecule has 1 aromatic heterocycles. The number of hydrogen-bond donors (Lipinski definition) is 2. The first-order chi connectivity index (χ1) is 10.5. The van der Waals surface area contributed by atoms with E-state index >= 15 is 0 Å². The Morgan fingerprint density at radius 2 is 2.00 bits per heavy atom. The summed E-state index contributed by atoms with van der Waals surface area (Å²) in [6, 6.07) is 7.88. The van der Waals surface area contributed by atoms with E-state index < -0.39 is 5.91 Å². The van der Waals surface area contributed by atoms with E-state index in [1.165, 1.54) is 10.2 Å². The highest BCUT2D eigenvalue weighted by Crippen LogP contribution is 2.20. The number of ether oxygens (including phenoxy) is 1. The van der Waals surface area contributed by atoms with Crippen LogP contribution in [-0.4, -0.2) is 26.5 Å². The zero-order chi connectivity index (χ0) is 16.1. The van der Waals surface area contributed by atoms with Gasteiger partial charge >= 0.3 is 0 Å². The van der Waals surface area contributed by atoms with E-state index in [2.05, 4.69) is 24.0 Å². The van der Waals surface area contributed by atoms with Crippen LogP contribution in [0.15, 0.2) is 29.4 Å². The van der Waals surface area contributed by atoms with Crippen molar-refractivity contribution in [3.05, 3.63) is 35.7 Å². The molecule has 0 aliphatic rings. The number of benzene rings is 1. The van der Waals surface area contributed by atoms with Gasteiger partial charge in [0.1, 0.15) is 12.4 Å². The minimum absolute atomic E-state index is 0.104. The van der Waals surface area contributed by atoms with Gasteiger partial charge in [-0.3, -0.25) is 4.79 Å². The highest BCUT2D eigenvalue weighted by Gasteiger charge is 2.12. The SMILES string of the molecule is CC(C)c1ccc(OCc2nnc(SCC(N)=O)n2N)cc1. The van der Waals surface area contributed by atoms with Crippen molar-refractivity contribution in [3.8, 4) is 5.75 Å². The lowest BCUT2D eigenvalue weighted by Crippen LogP contribution is -2.18. The van der Waals surface area contributed by atoms with E-state index in [1.807, 2.05) is 24.3 Å². The predicted octanol–water partition coefficient (Wildman–Crippen LogP) is 1.27. The Balaban J connectivity index is 1.95. The molecule has 8 heteroatoms. The molecule has 1 aromatic carbocycles. The third-order valence-corrected chi connectivity index (χ3v) is 3.96. The summed E-state index contributed by atoms with van der Waals surface area (Å²) in [6.07, 6.45) is 0. The first kappa shape index (κ1) is 16.2. The number of hydrogen-bond acceptors (Lipinski definition) is 6. The van der Waals surface area contributed by atoms with Crippen molar-refractivity contribution < 1.29 is 9.53 Å². The van der Waals surface area contributed by atoms with Crippen LogP contribution in [0, 0.1) is 0 Å². The molecule has 2 aromatic rings. The van der Waals surface area contributed by atoms with Gasteiger partial charge in [0.15, 0.2) is 5.82 Å². The van der Waals surface area contributed by atoms with Gasteiger partial charge in [-0.25, -0.2) is 4.68 Å². The highest BCUT2D eigenvalue weighted by molar-refractivity contribution is 7.99. The summed E-state index contributed by atoms with van der Waals surface area (Å²) in [5, 5.41) is 8.27. The normalized spacial score (nSPS) is 10.9. The second kappa shape index (κ2) is 7.17. The molecular formula is C14H19N5O2S. The van der Waals surface area contributed by atoms with Crippen molar-refractivity contribution in [3.63, 3.8) is 0 Å². The molecule has 0 saturated carbocycles. The number of rotatable bonds is 7. The van der Waals surface area contributed by atoms with Crippen molar-refractivity contribution in [2.75, 3.05) is 11.6 Å². The number of nitrogens with two attached hydrogens (primary N) is 2. The standard InChI is InChI=1S/C14H19N5O2S/c1-9(2)10-3-5-11(6-4-10)21-7-13-17-18-14(19(13)16)22-8-12(15)20/h3-6,9H,7-8,16H2,1-2H3,(H2,15,20). The molecule has 0 radical (unpaired) electrons. The molecule has 1 amide bonds. The van der Waals surface area contributed by atoms with E-state index in [4.69, 9.17) is 16.3 Å². The molecule has 1 heterocycles. The number of nitrogen functional groups attached to an aromatic ring is 1. The molecule has 4 N–H and O–H groups in total. The third-order valence-electron chi connectivity index (χ3n) is 2.99. The van der Waals surface area contributed by atoms with Crippen LogP contribution in [0.2, 0.25) is 0 Å². The number of carbonyl (C=O) groups is 1. The molecule has 0 aliphatic carbocycles. The minimum Gasteiger partial charge on any atom is -0.486 e. The van der Waals surface area contributed by atoms with Gasteiger partial charge in [-0.1, -0.05) is 37.7 Å². The molecule has 7 nitrogen and oxygen atoms in total. The van der Waals surface area contributed by atoms with Gasteiger partial charge in [-0.15, -0.1) is 10.2 Å². The van der Waals surface area contributed by atoms with Crippen LogP contribution in [-0.2, 0) is 11.4 Å². The maximum absolute atomic E-state index is 10.8. The van der Waals surface area contributed by atoms with Crippen molar-refractivity contribution >= 4 is 17.7 Å². The summed E-state index contributed by atoms with van der Waals surface area (Å²) >= 11 is 1.14. The molecule has 0 bridgehead atoms. The van der Waals surface area contributed by atoms with E-state index in [1.54, 1.807) is 0 Å². The summed E-state index contributed by atoms with van der Waals surface area (Å²) in [7, 11) is 0. The zero-order valence-electron chi connectivity index (χ0n) is 12.5. The zero-order valence-corrected chi connectivity index (χ0v) is 13.3. The predicted molar refractivity (Wildman–Crippen MR) is 85.0 cm³/mol. The van der Waals surface area contributed by atoms with E-state index in [0.717, 1.165) is 17.5 Å². The van der Waals surface area contributed by atoms with Crippen molar-refractivity contribution in [2.24, 2.45) is 5.73 Å². The van der Waals surface area contributed by atoms with Gasteiger partial charge in [0.05, 0.1) is 5.75 Å². The monoisotopic (exact) mass is 321 g/mol. The van der Waals surface area contributed by atoms with Gasteiger partial charge in [0.25, 0.3) is 0 Å². The number of primary amides is 1. The van der Waals surface area contributed by atoms with Gasteiger partial charge in [-0.05, 0) is 23.6 Å². The molecular weight excluding hydrogens is 302 g/mol. The molecule has 0 saturated heterocycles. The molecule has 0 atom stereocenters. The van der Waals surface area contributed by atoms with Crippen LogP contribution in [0.5, 0.6) is 5.75 Å². The fourth-order valence-electron chi connectivity index (χ4n) is 1.74. The maximum Gasteiger partial charge on any atom is 0.227 e. The fraction of sp³-hybridized carbons (Fsp3) is 0.357. The third kappa shape index (κ3) is 4.14. The average molecular weight is 321 g/mol. The average Bonchev–Trinajstić information content (AvgIpc) is 2.84. The number of aromatic nitrogens is 3. The molecule has 118 valence electrons. The molecule has 0 fully saturated rings. The molecule has 2 rings (SSSR count). The summed E-state index contributed by atoms with van der Waals surface area (Å²) in [5.74, 6) is 7.21. The Labute approximate surface area is 133 Å². The Morgan fingerprint density at radius 3 is 2.59 bits per heavy atom. The van der Waals surface area contributed by atoms with Gasteiger partial charge < -0.3 is 16.3 Å². The van der Waals surface area contributed by atoms with Gasteiger partial charge in [-0.2, -0.15) is 0 Å². The fourth-order valence-corrected chi connectivity index (χ4v) is 2.35. The highest BCUT2D eigenvalue weighted by atomic mass is 32.2. The smallest absolute Gasteiger partial charge is 0.227 e. The summed E-state index contributed by atoms with van der Waals surface area (Å²) in [4.78, 5) is 10.8. The van der Waals surface area contributed by atoms with Crippen LogP contribution in [0.4, 0.5) is 0 Å². The first-order valence-electron chi connectivity index (χ1n) is 6.80. The largest absolute Gasteiger partial charge is 0.486 e. The number of thioether (sulfide) groups is 1. The summed E-state index contributed by atoms with van der Waals surface area (Å²) in [6.45, 7) is 4.47. The minimum atomic E-state index is -0.434. The molecule has 0 aliphatic heterocycles.